The third kappa shape index (κ3) is 2.44. The Balaban J connectivity index is 2.42. The number of fused-ring (bicyclic) bond motifs is 1. The van der Waals surface area contributed by atoms with Gasteiger partial charge in [0, 0.05) is 24.2 Å². The van der Waals surface area contributed by atoms with Gasteiger partial charge in [0.15, 0.2) is 0 Å². The summed E-state index contributed by atoms with van der Waals surface area (Å²) in [5.41, 5.74) is 3.13. The van der Waals surface area contributed by atoms with E-state index in [1.165, 1.54) is 0 Å². The lowest BCUT2D eigenvalue weighted by molar-refractivity contribution is 0.0691. The second-order valence-electron chi connectivity index (χ2n) is 4.94. The van der Waals surface area contributed by atoms with E-state index in [4.69, 9.17) is 17.0 Å². The van der Waals surface area contributed by atoms with Crippen molar-refractivity contribution in [2.75, 3.05) is 19.5 Å². The Morgan fingerprint density at radius 3 is 2.78 bits per heavy atom. The van der Waals surface area contributed by atoms with Crippen molar-refractivity contribution in [2.24, 2.45) is 0 Å². The average Bonchev–Trinajstić information content (AvgIpc) is 2.97. The summed E-state index contributed by atoms with van der Waals surface area (Å²) in [4.78, 5) is 17.2. The summed E-state index contributed by atoms with van der Waals surface area (Å²) in [7, 11) is 3.35. The number of benzene rings is 1. The maximum absolute atomic E-state index is 11.2. The molecule has 0 unspecified atom stereocenters. The first-order chi connectivity index (χ1) is 11.1. The minimum absolute atomic E-state index is 0.119. The molecule has 0 amide bonds. The lowest BCUT2D eigenvalue weighted by atomic mass is 10.0. The molecule has 0 saturated carbocycles. The van der Waals surface area contributed by atoms with Gasteiger partial charge in [0.25, 0.3) is 0 Å². The highest BCUT2D eigenvalue weighted by Gasteiger charge is 2.19. The van der Waals surface area contributed by atoms with Crippen molar-refractivity contribution in [3.8, 4) is 16.9 Å². The minimum Gasteiger partial charge on any atom is -0.496 e. The van der Waals surface area contributed by atoms with Crippen molar-refractivity contribution in [3.05, 3.63) is 40.8 Å². The van der Waals surface area contributed by atoms with Gasteiger partial charge in [0.1, 0.15) is 16.1 Å². The molecule has 0 fully saturated rings. The number of carbonyl (C=O) groups is 1. The third-order valence-corrected chi connectivity index (χ3v) is 4.01. The molecule has 0 radical (unpaired) electrons. The number of pyridine rings is 1. The Morgan fingerprint density at radius 1 is 1.39 bits per heavy atom. The number of aromatic carboxylic acids is 1. The van der Waals surface area contributed by atoms with Crippen molar-refractivity contribution < 1.29 is 14.6 Å². The van der Waals surface area contributed by atoms with Crippen LogP contribution in [0.25, 0.3) is 22.0 Å². The molecule has 6 nitrogen and oxygen atoms in total. The zero-order valence-corrected chi connectivity index (χ0v) is 13.4. The second-order valence-corrected chi connectivity index (χ2v) is 5.35. The zero-order chi connectivity index (χ0) is 16.6. The van der Waals surface area contributed by atoms with Crippen LogP contribution in [0, 0.1) is 4.64 Å². The van der Waals surface area contributed by atoms with Crippen LogP contribution in [0.5, 0.6) is 5.75 Å². The predicted molar refractivity (Wildman–Crippen MR) is 92.0 cm³/mol. The summed E-state index contributed by atoms with van der Waals surface area (Å²) >= 11 is 5.38. The van der Waals surface area contributed by atoms with Gasteiger partial charge >= 0.3 is 5.97 Å². The standard InChI is InChI=1S/C16H15N3O3S/c1-17-14-12(9-4-3-5-18-15(9)23)11(22-2)7-8-6-10(16(20)21)19-13(8)14/h3-7,17,19H,1-2H3,(H,18,23)(H,20,21). The number of carboxylic acid groups (broad SMARTS) is 1. The van der Waals surface area contributed by atoms with Gasteiger partial charge in [-0.1, -0.05) is 12.2 Å². The molecular weight excluding hydrogens is 314 g/mol. The van der Waals surface area contributed by atoms with Crippen LogP contribution >= 0.6 is 12.2 Å². The Bertz CT molecular complexity index is 959. The molecule has 1 aromatic carbocycles. The van der Waals surface area contributed by atoms with Crippen molar-refractivity contribution in [3.63, 3.8) is 0 Å². The molecular formula is C16H15N3O3S. The molecule has 2 aromatic heterocycles. The van der Waals surface area contributed by atoms with E-state index in [0.717, 1.165) is 22.2 Å². The fourth-order valence-electron chi connectivity index (χ4n) is 2.66. The predicted octanol–water partition coefficient (Wildman–Crippen LogP) is 3.64. The van der Waals surface area contributed by atoms with Gasteiger partial charge in [-0.25, -0.2) is 4.79 Å². The van der Waals surface area contributed by atoms with Gasteiger partial charge in [-0.05, 0) is 24.3 Å². The number of methoxy groups -OCH3 is 1. The monoisotopic (exact) mass is 329 g/mol. The Kier molecular flexibility index (Phi) is 3.79. The van der Waals surface area contributed by atoms with Crippen LogP contribution in [0.4, 0.5) is 5.69 Å². The van der Waals surface area contributed by atoms with E-state index >= 15 is 0 Å². The van der Waals surface area contributed by atoms with Crippen molar-refractivity contribution in [2.45, 2.75) is 0 Å². The molecule has 7 heteroatoms. The van der Waals surface area contributed by atoms with Crippen LogP contribution in [0.15, 0.2) is 30.5 Å². The second kappa shape index (κ2) is 5.77. The first-order valence-electron chi connectivity index (χ1n) is 6.89. The highest BCUT2D eigenvalue weighted by atomic mass is 32.1. The fourth-order valence-corrected chi connectivity index (χ4v) is 2.90. The summed E-state index contributed by atoms with van der Waals surface area (Å²) in [5.74, 6) is -0.399. The van der Waals surface area contributed by atoms with E-state index < -0.39 is 5.97 Å². The fraction of sp³-hybridized carbons (Fsp3) is 0.125. The topological polar surface area (TPSA) is 90.1 Å². The number of rotatable bonds is 4. The van der Waals surface area contributed by atoms with Crippen LogP contribution in [0.1, 0.15) is 10.5 Å². The number of carboxylic acids is 1. The number of hydrogen-bond donors (Lipinski definition) is 4. The molecule has 118 valence electrons. The molecule has 2 heterocycles. The summed E-state index contributed by atoms with van der Waals surface area (Å²) < 4.78 is 6.09. The number of anilines is 1. The molecule has 4 N–H and O–H groups in total. The van der Waals surface area contributed by atoms with Crippen LogP contribution in [-0.2, 0) is 0 Å². The molecule has 3 rings (SSSR count). The summed E-state index contributed by atoms with van der Waals surface area (Å²) in [6.45, 7) is 0. The molecule has 0 bridgehead atoms. The van der Waals surface area contributed by atoms with Gasteiger partial charge in [-0.15, -0.1) is 0 Å². The van der Waals surface area contributed by atoms with E-state index in [1.54, 1.807) is 32.5 Å². The smallest absolute Gasteiger partial charge is 0.352 e. The van der Waals surface area contributed by atoms with Gasteiger partial charge in [-0.2, -0.15) is 0 Å². The number of hydrogen-bond acceptors (Lipinski definition) is 4. The number of aromatic amines is 2. The average molecular weight is 329 g/mol. The molecule has 0 atom stereocenters. The Labute approximate surface area is 137 Å². The molecule has 0 aliphatic rings. The van der Waals surface area contributed by atoms with Crippen molar-refractivity contribution >= 4 is 34.8 Å². The maximum Gasteiger partial charge on any atom is 0.352 e. The lowest BCUT2D eigenvalue weighted by Gasteiger charge is -2.15. The Morgan fingerprint density at radius 2 is 2.17 bits per heavy atom. The highest BCUT2D eigenvalue weighted by Crippen LogP contribution is 2.42. The largest absolute Gasteiger partial charge is 0.496 e. The third-order valence-electron chi connectivity index (χ3n) is 3.67. The molecule has 0 aliphatic heterocycles. The van der Waals surface area contributed by atoms with Gasteiger partial charge in [-0.3, -0.25) is 0 Å². The van der Waals surface area contributed by atoms with Crippen LogP contribution in [0.3, 0.4) is 0 Å². The Hall–Kier alpha value is -2.80. The molecule has 0 saturated heterocycles. The van der Waals surface area contributed by atoms with E-state index in [1.807, 2.05) is 12.1 Å². The molecule has 23 heavy (non-hydrogen) atoms. The minimum atomic E-state index is -1.01. The molecule has 0 aliphatic carbocycles. The van der Waals surface area contributed by atoms with Crippen LogP contribution in [-0.4, -0.2) is 35.2 Å². The number of aromatic nitrogens is 2. The van der Waals surface area contributed by atoms with Crippen molar-refractivity contribution in [1.82, 2.24) is 9.97 Å². The van der Waals surface area contributed by atoms with E-state index in [9.17, 15) is 9.90 Å². The van der Waals surface area contributed by atoms with E-state index in [2.05, 4.69) is 15.3 Å². The number of ether oxygens (including phenoxy) is 1. The highest BCUT2D eigenvalue weighted by molar-refractivity contribution is 7.71. The normalized spacial score (nSPS) is 10.7. The van der Waals surface area contributed by atoms with E-state index in [-0.39, 0.29) is 5.69 Å². The first-order valence-corrected chi connectivity index (χ1v) is 7.30. The summed E-state index contributed by atoms with van der Waals surface area (Å²) in [6, 6.07) is 7.13. The first kappa shape index (κ1) is 15.1. The van der Waals surface area contributed by atoms with Crippen LogP contribution in [0.2, 0.25) is 0 Å². The van der Waals surface area contributed by atoms with E-state index in [0.29, 0.717) is 15.9 Å². The van der Waals surface area contributed by atoms with Crippen LogP contribution < -0.4 is 10.1 Å². The number of H-pyrrole nitrogens is 2. The van der Waals surface area contributed by atoms with Gasteiger partial charge < -0.3 is 25.1 Å². The zero-order valence-electron chi connectivity index (χ0n) is 12.6. The summed E-state index contributed by atoms with van der Waals surface area (Å²) in [5, 5.41) is 13.1. The molecule has 0 spiro atoms. The van der Waals surface area contributed by atoms with Gasteiger partial charge in [0.05, 0.1) is 23.9 Å². The molecule has 3 aromatic rings. The summed E-state index contributed by atoms with van der Waals surface area (Å²) in [6.07, 6.45) is 1.76. The quantitative estimate of drug-likeness (QED) is 0.549. The lowest BCUT2D eigenvalue weighted by Crippen LogP contribution is -1.99. The van der Waals surface area contributed by atoms with Gasteiger partial charge in [0.2, 0.25) is 0 Å². The SMILES string of the molecule is CNc1c(-c2ccc[nH]c2=S)c(OC)cc2cc(C(=O)O)[nH]c12. The number of nitrogens with one attached hydrogen (secondary N) is 3. The van der Waals surface area contributed by atoms with Crippen molar-refractivity contribution in [1.29, 1.82) is 0 Å². The maximum atomic E-state index is 11.2.